The van der Waals surface area contributed by atoms with Gasteiger partial charge in [-0.1, -0.05) is 19.1 Å². The molecule has 3 heteroatoms. The zero-order valence-corrected chi connectivity index (χ0v) is 16.4. The average Bonchev–Trinajstić information content (AvgIpc) is 3.04. The lowest BCUT2D eigenvalue weighted by Crippen LogP contribution is -2.14. The standard InChI is InChI=1S/C23H25NOS/c1-14-7-12-19-18(13-14)21(15-8-10-16(25-2)11-9-15)22-17-5-3-4-6-20(17)26-23(22)24-19/h8-11,14H,3-7,12-13H2,1-2H3/t14-/m0/s1. The summed E-state index contributed by atoms with van der Waals surface area (Å²) in [6, 6.07) is 8.66. The maximum Gasteiger partial charge on any atom is 0.124 e. The van der Waals surface area contributed by atoms with Crippen LogP contribution in [0.25, 0.3) is 21.3 Å². The van der Waals surface area contributed by atoms with Crippen LogP contribution < -0.4 is 4.74 Å². The molecule has 3 aromatic rings. The van der Waals surface area contributed by atoms with Crippen LogP contribution in [0, 0.1) is 5.92 Å². The molecular weight excluding hydrogens is 338 g/mol. The highest BCUT2D eigenvalue weighted by atomic mass is 32.1. The zero-order valence-electron chi connectivity index (χ0n) is 15.6. The summed E-state index contributed by atoms with van der Waals surface area (Å²) in [4.78, 5) is 8.03. The largest absolute Gasteiger partial charge is 0.497 e. The van der Waals surface area contributed by atoms with E-state index in [0.717, 1.165) is 24.5 Å². The summed E-state index contributed by atoms with van der Waals surface area (Å²) in [5.41, 5.74) is 7.25. The smallest absolute Gasteiger partial charge is 0.124 e. The van der Waals surface area contributed by atoms with Crippen molar-refractivity contribution in [3.8, 4) is 16.9 Å². The van der Waals surface area contributed by atoms with E-state index in [1.165, 1.54) is 64.7 Å². The third-order valence-electron chi connectivity index (χ3n) is 6.09. The van der Waals surface area contributed by atoms with Crippen LogP contribution in [-0.2, 0) is 25.7 Å². The number of methoxy groups -OCH3 is 1. The molecule has 0 saturated heterocycles. The number of ether oxygens (including phenoxy) is 1. The SMILES string of the molecule is COc1ccc(-c2c3c(nc4sc5c(c24)CCCC5)CC[C@H](C)C3)cc1. The van der Waals surface area contributed by atoms with Gasteiger partial charge >= 0.3 is 0 Å². The molecule has 2 aromatic heterocycles. The Kier molecular flexibility index (Phi) is 4.00. The first-order valence-electron chi connectivity index (χ1n) is 9.85. The normalized spacial score (nSPS) is 19.2. The predicted octanol–water partition coefficient (Wildman–Crippen LogP) is 5.98. The first-order chi connectivity index (χ1) is 12.7. The van der Waals surface area contributed by atoms with E-state index in [-0.39, 0.29) is 0 Å². The number of fused-ring (bicyclic) bond motifs is 4. The Morgan fingerprint density at radius 1 is 1.04 bits per heavy atom. The number of rotatable bonds is 2. The molecule has 2 aliphatic rings. The lowest BCUT2D eigenvalue weighted by atomic mass is 9.81. The van der Waals surface area contributed by atoms with Gasteiger partial charge in [-0.2, -0.15) is 0 Å². The summed E-state index contributed by atoms with van der Waals surface area (Å²) in [5, 5.41) is 1.46. The fourth-order valence-electron chi connectivity index (χ4n) is 4.71. The summed E-state index contributed by atoms with van der Waals surface area (Å²) in [5.74, 6) is 1.67. The third-order valence-corrected chi connectivity index (χ3v) is 7.28. The number of pyridine rings is 1. The molecule has 26 heavy (non-hydrogen) atoms. The Labute approximate surface area is 159 Å². The molecule has 1 aromatic carbocycles. The summed E-state index contributed by atoms with van der Waals surface area (Å²) in [6.07, 6.45) is 8.64. The molecule has 134 valence electrons. The topological polar surface area (TPSA) is 22.1 Å². The minimum absolute atomic E-state index is 0.744. The van der Waals surface area contributed by atoms with E-state index < -0.39 is 0 Å². The Balaban J connectivity index is 1.82. The molecule has 0 saturated carbocycles. The molecule has 0 fully saturated rings. The van der Waals surface area contributed by atoms with Crippen LogP contribution in [0.2, 0.25) is 0 Å². The maximum atomic E-state index is 5.39. The van der Waals surface area contributed by atoms with Gasteiger partial charge in [0.2, 0.25) is 0 Å². The van der Waals surface area contributed by atoms with Gasteiger partial charge < -0.3 is 4.74 Å². The zero-order chi connectivity index (χ0) is 17.7. The van der Waals surface area contributed by atoms with Crippen LogP contribution in [0.5, 0.6) is 5.75 Å². The minimum atomic E-state index is 0.744. The fourth-order valence-corrected chi connectivity index (χ4v) is 6.00. The van der Waals surface area contributed by atoms with E-state index in [0.29, 0.717) is 0 Å². The van der Waals surface area contributed by atoms with Gasteiger partial charge in [0.25, 0.3) is 0 Å². The fraction of sp³-hybridized carbons (Fsp3) is 0.435. The highest BCUT2D eigenvalue weighted by Gasteiger charge is 2.27. The van der Waals surface area contributed by atoms with Gasteiger partial charge in [-0.25, -0.2) is 4.98 Å². The molecular formula is C23H25NOS. The highest BCUT2D eigenvalue weighted by Crippen LogP contribution is 2.45. The molecule has 0 N–H and O–H groups in total. The van der Waals surface area contributed by atoms with Crippen LogP contribution in [0.4, 0.5) is 0 Å². The van der Waals surface area contributed by atoms with Crippen molar-refractivity contribution in [1.82, 2.24) is 4.98 Å². The number of thiophene rings is 1. The number of aromatic nitrogens is 1. The van der Waals surface area contributed by atoms with Gasteiger partial charge in [-0.05, 0) is 85.3 Å². The number of benzene rings is 1. The quantitative estimate of drug-likeness (QED) is 0.559. The van der Waals surface area contributed by atoms with E-state index in [1.807, 2.05) is 11.3 Å². The van der Waals surface area contributed by atoms with Crippen molar-refractivity contribution < 1.29 is 4.74 Å². The van der Waals surface area contributed by atoms with Crippen molar-refractivity contribution in [1.29, 1.82) is 0 Å². The summed E-state index contributed by atoms with van der Waals surface area (Å²) in [7, 11) is 1.73. The average molecular weight is 364 g/mol. The molecule has 0 bridgehead atoms. The van der Waals surface area contributed by atoms with Gasteiger partial charge in [0.1, 0.15) is 10.6 Å². The minimum Gasteiger partial charge on any atom is -0.497 e. The molecule has 0 spiro atoms. The lowest BCUT2D eigenvalue weighted by molar-refractivity contribution is 0.415. The van der Waals surface area contributed by atoms with Gasteiger partial charge in [0.15, 0.2) is 0 Å². The third kappa shape index (κ3) is 2.56. The molecule has 1 atom stereocenters. The molecule has 2 nitrogen and oxygen atoms in total. The Hall–Kier alpha value is -1.87. The van der Waals surface area contributed by atoms with Gasteiger partial charge in [0.05, 0.1) is 7.11 Å². The van der Waals surface area contributed by atoms with Crippen molar-refractivity contribution in [3.63, 3.8) is 0 Å². The predicted molar refractivity (Wildman–Crippen MR) is 109 cm³/mol. The number of nitrogens with zero attached hydrogens (tertiary/aromatic N) is 1. The Morgan fingerprint density at radius 2 is 1.85 bits per heavy atom. The van der Waals surface area contributed by atoms with E-state index in [9.17, 15) is 0 Å². The van der Waals surface area contributed by atoms with Crippen LogP contribution >= 0.6 is 11.3 Å². The summed E-state index contributed by atoms with van der Waals surface area (Å²) < 4.78 is 5.39. The van der Waals surface area contributed by atoms with Gasteiger partial charge in [-0.3, -0.25) is 0 Å². The van der Waals surface area contributed by atoms with Crippen molar-refractivity contribution in [2.24, 2.45) is 5.92 Å². The Morgan fingerprint density at radius 3 is 2.65 bits per heavy atom. The molecule has 0 amide bonds. The van der Waals surface area contributed by atoms with Crippen molar-refractivity contribution >= 4 is 21.6 Å². The van der Waals surface area contributed by atoms with E-state index in [1.54, 1.807) is 17.6 Å². The second kappa shape index (κ2) is 6.38. The molecule has 0 radical (unpaired) electrons. The van der Waals surface area contributed by atoms with Crippen LogP contribution in [-0.4, -0.2) is 12.1 Å². The van der Waals surface area contributed by atoms with Crippen molar-refractivity contribution in [3.05, 3.63) is 46.0 Å². The highest BCUT2D eigenvalue weighted by molar-refractivity contribution is 7.19. The van der Waals surface area contributed by atoms with E-state index >= 15 is 0 Å². The van der Waals surface area contributed by atoms with Crippen LogP contribution in [0.3, 0.4) is 0 Å². The molecule has 2 heterocycles. The number of hydrogen-bond donors (Lipinski definition) is 0. The summed E-state index contributed by atoms with van der Waals surface area (Å²) in [6.45, 7) is 2.38. The monoisotopic (exact) mass is 363 g/mol. The van der Waals surface area contributed by atoms with E-state index in [2.05, 4.69) is 31.2 Å². The first-order valence-corrected chi connectivity index (χ1v) is 10.7. The maximum absolute atomic E-state index is 5.39. The lowest BCUT2D eigenvalue weighted by Gasteiger charge is -2.25. The van der Waals surface area contributed by atoms with Crippen LogP contribution in [0.15, 0.2) is 24.3 Å². The van der Waals surface area contributed by atoms with Crippen molar-refractivity contribution in [2.75, 3.05) is 7.11 Å². The summed E-state index contributed by atoms with van der Waals surface area (Å²) >= 11 is 1.95. The van der Waals surface area contributed by atoms with Gasteiger partial charge in [-0.15, -0.1) is 11.3 Å². The molecule has 0 unspecified atom stereocenters. The second-order valence-electron chi connectivity index (χ2n) is 7.88. The van der Waals surface area contributed by atoms with Gasteiger partial charge in [0, 0.05) is 16.0 Å². The Bertz CT molecular complexity index is 970. The molecule has 5 rings (SSSR count). The number of aryl methyl sites for hydroxylation is 3. The number of hydrogen-bond acceptors (Lipinski definition) is 3. The second-order valence-corrected chi connectivity index (χ2v) is 8.96. The van der Waals surface area contributed by atoms with Crippen molar-refractivity contribution in [2.45, 2.75) is 51.9 Å². The first kappa shape index (κ1) is 16.3. The van der Waals surface area contributed by atoms with E-state index in [4.69, 9.17) is 9.72 Å². The molecule has 2 aliphatic carbocycles. The van der Waals surface area contributed by atoms with Crippen LogP contribution in [0.1, 0.15) is 47.9 Å². The molecule has 0 aliphatic heterocycles.